The molecule has 2 aromatic heterocycles. The molecule has 0 saturated heterocycles. The molecule has 0 radical (unpaired) electrons. The third-order valence-electron chi connectivity index (χ3n) is 1.92. The van der Waals surface area contributed by atoms with E-state index in [1.54, 1.807) is 4.57 Å². The SMILES string of the molecule is N=c1sccn1C[C@@H](O)c1cccs1. The quantitative estimate of drug-likeness (QED) is 0.824. The molecule has 0 aliphatic heterocycles. The van der Waals surface area contributed by atoms with Crippen LogP contribution in [0, 0.1) is 5.41 Å². The summed E-state index contributed by atoms with van der Waals surface area (Å²) in [5.41, 5.74) is 0. The highest BCUT2D eigenvalue weighted by Gasteiger charge is 2.09. The molecular weight excluding hydrogens is 216 g/mol. The van der Waals surface area contributed by atoms with Crippen molar-refractivity contribution in [2.24, 2.45) is 0 Å². The second-order valence-corrected chi connectivity index (χ2v) is 4.77. The third-order valence-corrected chi connectivity index (χ3v) is 3.61. The molecule has 0 aliphatic rings. The summed E-state index contributed by atoms with van der Waals surface area (Å²) in [5, 5.41) is 21.2. The summed E-state index contributed by atoms with van der Waals surface area (Å²) in [5.74, 6) is 0. The Bertz CT molecular complexity index is 443. The molecule has 0 amide bonds. The van der Waals surface area contributed by atoms with E-state index < -0.39 is 6.10 Å². The molecule has 14 heavy (non-hydrogen) atoms. The van der Waals surface area contributed by atoms with Crippen LogP contribution >= 0.6 is 22.7 Å². The van der Waals surface area contributed by atoms with Gasteiger partial charge in [-0.25, -0.2) is 0 Å². The molecule has 74 valence electrons. The molecule has 5 heteroatoms. The lowest BCUT2D eigenvalue weighted by Gasteiger charge is -2.08. The Labute approximate surface area is 89.4 Å². The first-order chi connectivity index (χ1) is 6.77. The van der Waals surface area contributed by atoms with Crippen LogP contribution in [-0.4, -0.2) is 9.67 Å². The lowest BCUT2D eigenvalue weighted by Crippen LogP contribution is -2.16. The van der Waals surface area contributed by atoms with Crippen LogP contribution in [0.3, 0.4) is 0 Å². The number of aliphatic hydroxyl groups excluding tert-OH is 1. The maximum absolute atomic E-state index is 9.82. The number of aromatic nitrogens is 1. The van der Waals surface area contributed by atoms with Gasteiger partial charge in [0.2, 0.25) is 0 Å². The van der Waals surface area contributed by atoms with Crippen LogP contribution in [0.5, 0.6) is 0 Å². The zero-order valence-electron chi connectivity index (χ0n) is 7.38. The van der Waals surface area contributed by atoms with E-state index in [1.807, 2.05) is 29.1 Å². The Morgan fingerprint density at radius 2 is 2.29 bits per heavy atom. The molecule has 2 rings (SSSR count). The van der Waals surface area contributed by atoms with E-state index in [0.29, 0.717) is 11.3 Å². The van der Waals surface area contributed by atoms with E-state index in [0.717, 1.165) is 4.88 Å². The van der Waals surface area contributed by atoms with Crippen molar-refractivity contribution in [1.82, 2.24) is 4.57 Å². The fourth-order valence-corrected chi connectivity index (χ4v) is 2.52. The summed E-state index contributed by atoms with van der Waals surface area (Å²) >= 11 is 2.90. The molecule has 0 unspecified atom stereocenters. The van der Waals surface area contributed by atoms with Crippen LogP contribution in [-0.2, 0) is 6.54 Å². The smallest absolute Gasteiger partial charge is 0.181 e. The first-order valence-corrected chi connectivity index (χ1v) is 5.93. The minimum atomic E-state index is -0.501. The number of rotatable bonds is 3. The zero-order chi connectivity index (χ0) is 9.97. The van der Waals surface area contributed by atoms with E-state index in [-0.39, 0.29) is 0 Å². The standard InChI is InChI=1S/C9H10N2OS2/c10-9-11(3-5-14-9)6-7(12)8-2-1-4-13-8/h1-5,7,10,12H,6H2/t7-/m1/s1. The first kappa shape index (κ1) is 9.64. The largest absolute Gasteiger partial charge is 0.386 e. The van der Waals surface area contributed by atoms with Gasteiger partial charge < -0.3 is 9.67 Å². The van der Waals surface area contributed by atoms with Gasteiger partial charge >= 0.3 is 0 Å². The van der Waals surface area contributed by atoms with Gasteiger partial charge in [-0.15, -0.1) is 22.7 Å². The summed E-state index contributed by atoms with van der Waals surface area (Å²) in [6, 6.07) is 3.83. The molecule has 2 aromatic rings. The fourth-order valence-electron chi connectivity index (χ4n) is 1.20. The van der Waals surface area contributed by atoms with Crippen molar-refractivity contribution in [2.75, 3.05) is 0 Å². The summed E-state index contributed by atoms with van der Waals surface area (Å²) in [4.78, 5) is 1.42. The van der Waals surface area contributed by atoms with Gasteiger partial charge in [-0.1, -0.05) is 6.07 Å². The number of aliphatic hydroxyl groups is 1. The summed E-state index contributed by atoms with van der Waals surface area (Å²) in [6.07, 6.45) is 1.32. The number of nitrogens with zero attached hydrogens (tertiary/aromatic N) is 1. The predicted molar refractivity (Wildman–Crippen MR) is 57.4 cm³/mol. The van der Waals surface area contributed by atoms with Crippen molar-refractivity contribution in [3.63, 3.8) is 0 Å². The lowest BCUT2D eigenvalue weighted by atomic mass is 10.3. The van der Waals surface area contributed by atoms with Crippen molar-refractivity contribution < 1.29 is 5.11 Å². The predicted octanol–water partition coefficient (Wildman–Crippen LogP) is 1.82. The highest BCUT2D eigenvalue weighted by Crippen LogP contribution is 2.19. The van der Waals surface area contributed by atoms with E-state index in [9.17, 15) is 5.11 Å². The average Bonchev–Trinajstić information content (AvgIpc) is 2.77. The summed E-state index contributed by atoms with van der Waals surface area (Å²) in [7, 11) is 0. The van der Waals surface area contributed by atoms with Crippen molar-refractivity contribution in [2.45, 2.75) is 12.6 Å². The highest BCUT2D eigenvalue weighted by atomic mass is 32.1. The topological polar surface area (TPSA) is 49.0 Å². The highest BCUT2D eigenvalue weighted by molar-refractivity contribution is 7.10. The van der Waals surface area contributed by atoms with Gasteiger partial charge in [-0.2, -0.15) is 0 Å². The van der Waals surface area contributed by atoms with Gasteiger partial charge in [0.25, 0.3) is 0 Å². The van der Waals surface area contributed by atoms with Gasteiger partial charge in [-0.3, -0.25) is 5.41 Å². The van der Waals surface area contributed by atoms with Crippen molar-refractivity contribution in [3.05, 3.63) is 38.8 Å². The van der Waals surface area contributed by atoms with Gasteiger partial charge in [-0.05, 0) is 11.4 Å². The molecule has 1 atom stereocenters. The van der Waals surface area contributed by atoms with E-state index in [2.05, 4.69) is 0 Å². The molecule has 2 N–H and O–H groups in total. The Morgan fingerprint density at radius 3 is 2.86 bits per heavy atom. The van der Waals surface area contributed by atoms with Crippen LogP contribution in [0.2, 0.25) is 0 Å². The second kappa shape index (κ2) is 4.08. The molecule has 0 bridgehead atoms. The van der Waals surface area contributed by atoms with Gasteiger partial charge in [0.1, 0.15) is 6.10 Å². The Morgan fingerprint density at radius 1 is 1.43 bits per heavy atom. The zero-order valence-corrected chi connectivity index (χ0v) is 9.02. The molecule has 3 nitrogen and oxygen atoms in total. The number of hydrogen-bond donors (Lipinski definition) is 2. The molecule has 0 fully saturated rings. The van der Waals surface area contributed by atoms with E-state index in [1.165, 1.54) is 22.7 Å². The molecule has 0 aliphatic carbocycles. The van der Waals surface area contributed by atoms with Crippen LogP contribution in [0.4, 0.5) is 0 Å². The van der Waals surface area contributed by atoms with Crippen LogP contribution in [0.1, 0.15) is 11.0 Å². The maximum atomic E-state index is 9.82. The Balaban J connectivity index is 2.13. The molecule has 0 aromatic carbocycles. The second-order valence-electron chi connectivity index (χ2n) is 2.89. The van der Waals surface area contributed by atoms with Crippen LogP contribution in [0.15, 0.2) is 29.1 Å². The number of thiophene rings is 1. The summed E-state index contributed by atoms with van der Waals surface area (Å²) < 4.78 is 1.75. The maximum Gasteiger partial charge on any atom is 0.181 e. The fraction of sp³-hybridized carbons (Fsp3) is 0.222. The molecule has 0 spiro atoms. The minimum absolute atomic E-state index is 0.461. The summed E-state index contributed by atoms with van der Waals surface area (Å²) in [6.45, 7) is 0.461. The van der Waals surface area contributed by atoms with Gasteiger partial charge in [0.05, 0.1) is 6.54 Å². The van der Waals surface area contributed by atoms with Crippen LogP contribution in [0.25, 0.3) is 0 Å². The number of nitrogens with one attached hydrogen (secondary N) is 1. The normalized spacial score (nSPS) is 12.9. The Hall–Kier alpha value is -0.910. The van der Waals surface area contributed by atoms with Gasteiger partial charge in [0.15, 0.2) is 4.80 Å². The van der Waals surface area contributed by atoms with Crippen molar-refractivity contribution in [1.29, 1.82) is 5.41 Å². The van der Waals surface area contributed by atoms with E-state index >= 15 is 0 Å². The van der Waals surface area contributed by atoms with Gasteiger partial charge in [0, 0.05) is 16.5 Å². The minimum Gasteiger partial charge on any atom is -0.386 e. The average molecular weight is 226 g/mol. The number of hydrogen-bond acceptors (Lipinski definition) is 4. The van der Waals surface area contributed by atoms with Crippen molar-refractivity contribution >= 4 is 22.7 Å². The monoisotopic (exact) mass is 226 g/mol. The van der Waals surface area contributed by atoms with E-state index in [4.69, 9.17) is 5.41 Å². The molecule has 0 saturated carbocycles. The Kier molecular flexibility index (Phi) is 2.81. The lowest BCUT2D eigenvalue weighted by molar-refractivity contribution is 0.159. The third kappa shape index (κ3) is 1.95. The molecular formula is C9H10N2OS2. The van der Waals surface area contributed by atoms with Crippen molar-refractivity contribution in [3.8, 4) is 0 Å². The molecule has 2 heterocycles. The van der Waals surface area contributed by atoms with Crippen LogP contribution < -0.4 is 4.80 Å². The number of thiazole rings is 1. The first-order valence-electron chi connectivity index (χ1n) is 4.17.